The standard InChI is InChI=1S/C15H23Cl3O2Si/c1-14(2,3)21(5,6)20-13(15(16,17)18)11-7-9-12(19-4)10-8-11/h7-10,13H,1-6H3. The maximum absolute atomic E-state index is 6.33. The van der Waals surface area contributed by atoms with E-state index < -0.39 is 18.2 Å². The first kappa shape index (κ1) is 19.1. The second kappa shape index (κ2) is 6.67. The lowest BCUT2D eigenvalue weighted by Crippen LogP contribution is -2.44. The van der Waals surface area contributed by atoms with Crippen molar-refractivity contribution in [1.29, 1.82) is 0 Å². The van der Waals surface area contributed by atoms with Gasteiger partial charge in [-0.15, -0.1) is 0 Å². The maximum Gasteiger partial charge on any atom is 0.219 e. The van der Waals surface area contributed by atoms with Gasteiger partial charge in [-0.2, -0.15) is 0 Å². The van der Waals surface area contributed by atoms with Gasteiger partial charge in [-0.1, -0.05) is 67.7 Å². The Kier molecular flexibility index (Phi) is 6.07. The van der Waals surface area contributed by atoms with Gasteiger partial charge in [0.15, 0.2) is 8.32 Å². The van der Waals surface area contributed by atoms with E-state index in [9.17, 15) is 0 Å². The molecule has 0 aliphatic heterocycles. The van der Waals surface area contributed by atoms with Crippen LogP contribution in [0, 0.1) is 0 Å². The van der Waals surface area contributed by atoms with Crippen LogP contribution < -0.4 is 4.74 Å². The molecule has 0 amide bonds. The monoisotopic (exact) mass is 368 g/mol. The predicted molar refractivity (Wildman–Crippen MR) is 94.3 cm³/mol. The van der Waals surface area contributed by atoms with E-state index in [0.717, 1.165) is 11.3 Å². The van der Waals surface area contributed by atoms with Crippen molar-refractivity contribution >= 4 is 43.1 Å². The molecule has 0 N–H and O–H groups in total. The minimum Gasteiger partial charge on any atom is -0.497 e. The third-order valence-electron chi connectivity index (χ3n) is 3.93. The Morgan fingerprint density at radius 1 is 1.00 bits per heavy atom. The Balaban J connectivity index is 3.13. The number of alkyl halides is 3. The third-order valence-corrected chi connectivity index (χ3v) is 8.97. The molecule has 0 aliphatic carbocycles. The molecule has 1 aromatic carbocycles. The molecule has 120 valence electrons. The molecule has 1 unspecified atom stereocenters. The largest absolute Gasteiger partial charge is 0.497 e. The highest BCUT2D eigenvalue weighted by Gasteiger charge is 2.44. The first-order valence-electron chi connectivity index (χ1n) is 6.77. The molecule has 0 saturated carbocycles. The van der Waals surface area contributed by atoms with E-state index >= 15 is 0 Å². The summed E-state index contributed by atoms with van der Waals surface area (Å²) in [5, 5.41) is 0.0354. The number of ether oxygens (including phenoxy) is 1. The minimum absolute atomic E-state index is 0.0354. The Bertz CT molecular complexity index is 461. The van der Waals surface area contributed by atoms with E-state index in [1.54, 1.807) is 7.11 Å². The zero-order valence-electron chi connectivity index (χ0n) is 13.3. The molecule has 1 aromatic rings. The highest BCUT2D eigenvalue weighted by molar-refractivity contribution is 6.74. The third kappa shape index (κ3) is 5.04. The van der Waals surface area contributed by atoms with Crippen LogP contribution >= 0.6 is 34.8 Å². The van der Waals surface area contributed by atoms with Gasteiger partial charge in [0, 0.05) is 0 Å². The van der Waals surface area contributed by atoms with Crippen LogP contribution in [-0.2, 0) is 4.43 Å². The smallest absolute Gasteiger partial charge is 0.219 e. The summed E-state index contributed by atoms with van der Waals surface area (Å²) >= 11 is 18.5. The molecule has 0 saturated heterocycles. The first-order chi connectivity index (χ1) is 9.38. The van der Waals surface area contributed by atoms with Crippen LogP contribution in [-0.4, -0.2) is 19.2 Å². The van der Waals surface area contributed by atoms with Crippen molar-refractivity contribution in [2.24, 2.45) is 0 Å². The maximum atomic E-state index is 6.33. The van der Waals surface area contributed by atoms with E-state index in [2.05, 4.69) is 33.9 Å². The molecule has 0 aromatic heterocycles. The average molecular weight is 370 g/mol. The summed E-state index contributed by atoms with van der Waals surface area (Å²) in [6, 6.07) is 7.43. The van der Waals surface area contributed by atoms with E-state index in [-0.39, 0.29) is 5.04 Å². The normalized spacial score (nSPS) is 14.9. The quantitative estimate of drug-likeness (QED) is 0.469. The van der Waals surface area contributed by atoms with Gasteiger partial charge < -0.3 is 9.16 Å². The van der Waals surface area contributed by atoms with Crippen LogP contribution in [0.3, 0.4) is 0 Å². The van der Waals surface area contributed by atoms with Crippen molar-refractivity contribution in [3.8, 4) is 5.75 Å². The van der Waals surface area contributed by atoms with Gasteiger partial charge in [0.25, 0.3) is 0 Å². The van der Waals surface area contributed by atoms with Crippen molar-refractivity contribution in [1.82, 2.24) is 0 Å². The van der Waals surface area contributed by atoms with Crippen LogP contribution in [0.25, 0.3) is 0 Å². The van der Waals surface area contributed by atoms with E-state index in [0.29, 0.717) is 0 Å². The number of hydrogen-bond acceptors (Lipinski definition) is 2. The summed E-state index contributed by atoms with van der Waals surface area (Å²) in [5.74, 6) is 0.758. The Morgan fingerprint density at radius 3 is 1.81 bits per heavy atom. The van der Waals surface area contributed by atoms with Crippen molar-refractivity contribution in [2.45, 2.75) is 48.8 Å². The molecular weight excluding hydrogens is 347 g/mol. The van der Waals surface area contributed by atoms with E-state index in [1.165, 1.54) is 0 Å². The molecule has 1 rings (SSSR count). The SMILES string of the molecule is COc1ccc(C(O[Si](C)(C)C(C)(C)C)C(Cl)(Cl)Cl)cc1. The summed E-state index contributed by atoms with van der Waals surface area (Å²) < 4.78 is 9.96. The van der Waals surface area contributed by atoms with E-state index in [4.69, 9.17) is 44.0 Å². The molecule has 1 atom stereocenters. The lowest BCUT2D eigenvalue weighted by atomic mass is 10.1. The Labute approximate surface area is 143 Å². The van der Waals surface area contributed by atoms with Crippen LogP contribution in [0.2, 0.25) is 18.1 Å². The number of methoxy groups -OCH3 is 1. The van der Waals surface area contributed by atoms with Gasteiger partial charge in [0.2, 0.25) is 3.79 Å². The molecule has 0 radical (unpaired) electrons. The van der Waals surface area contributed by atoms with Crippen LogP contribution in [0.5, 0.6) is 5.75 Å². The summed E-state index contributed by atoms with van der Waals surface area (Å²) in [4.78, 5) is 0. The summed E-state index contributed by atoms with van der Waals surface area (Å²) in [5.41, 5.74) is 0.834. The van der Waals surface area contributed by atoms with Gasteiger partial charge in [-0.05, 0) is 35.8 Å². The topological polar surface area (TPSA) is 18.5 Å². The zero-order chi connectivity index (χ0) is 16.5. The Morgan fingerprint density at radius 2 is 1.48 bits per heavy atom. The second-order valence-corrected chi connectivity index (χ2v) is 13.7. The number of hydrogen-bond donors (Lipinski definition) is 0. The van der Waals surface area contributed by atoms with Crippen LogP contribution in [0.1, 0.15) is 32.4 Å². The number of halogens is 3. The van der Waals surface area contributed by atoms with Gasteiger partial charge in [-0.3, -0.25) is 0 Å². The van der Waals surface area contributed by atoms with Crippen molar-refractivity contribution < 1.29 is 9.16 Å². The molecule has 0 spiro atoms. The Hall–Kier alpha value is 0.0669. The van der Waals surface area contributed by atoms with Gasteiger partial charge in [0.05, 0.1) is 7.11 Å². The first-order valence-corrected chi connectivity index (χ1v) is 10.8. The molecule has 0 fully saturated rings. The number of benzene rings is 1. The number of rotatable bonds is 4. The molecule has 2 nitrogen and oxygen atoms in total. The molecule has 21 heavy (non-hydrogen) atoms. The summed E-state index contributed by atoms with van der Waals surface area (Å²) in [7, 11) is -0.448. The van der Waals surface area contributed by atoms with Crippen molar-refractivity contribution in [2.75, 3.05) is 7.11 Å². The molecule has 0 heterocycles. The van der Waals surface area contributed by atoms with Crippen molar-refractivity contribution in [3.05, 3.63) is 29.8 Å². The average Bonchev–Trinajstić information content (AvgIpc) is 2.33. The van der Waals surface area contributed by atoms with Gasteiger partial charge >= 0.3 is 0 Å². The van der Waals surface area contributed by atoms with Gasteiger partial charge in [-0.25, -0.2) is 0 Å². The predicted octanol–water partition coefficient (Wildman–Crippen LogP) is 6.13. The molecule has 0 aliphatic rings. The van der Waals surface area contributed by atoms with Crippen molar-refractivity contribution in [3.63, 3.8) is 0 Å². The van der Waals surface area contributed by atoms with Gasteiger partial charge in [0.1, 0.15) is 11.9 Å². The highest BCUT2D eigenvalue weighted by atomic mass is 35.6. The summed E-state index contributed by atoms with van der Waals surface area (Å²) in [6.45, 7) is 10.7. The lowest BCUT2D eigenvalue weighted by molar-refractivity contribution is 0.187. The molecule has 0 bridgehead atoms. The summed E-state index contributed by atoms with van der Waals surface area (Å²) in [6.07, 6.45) is -0.603. The second-order valence-electron chi connectivity index (χ2n) is 6.57. The van der Waals surface area contributed by atoms with Crippen LogP contribution in [0.15, 0.2) is 24.3 Å². The minimum atomic E-state index is -2.07. The molecular formula is C15H23Cl3O2Si. The fraction of sp³-hybridized carbons (Fsp3) is 0.600. The zero-order valence-corrected chi connectivity index (χ0v) is 16.6. The molecule has 6 heteroatoms. The fourth-order valence-corrected chi connectivity index (χ4v) is 3.57. The van der Waals surface area contributed by atoms with Crippen LogP contribution in [0.4, 0.5) is 0 Å². The highest BCUT2D eigenvalue weighted by Crippen LogP contribution is 2.48. The lowest BCUT2D eigenvalue weighted by Gasteiger charge is -2.41. The fourth-order valence-electron chi connectivity index (χ4n) is 1.57. The van der Waals surface area contributed by atoms with E-state index in [1.807, 2.05) is 24.3 Å².